The minimum Gasteiger partial charge on any atom is -0.357 e. The van der Waals surface area contributed by atoms with Gasteiger partial charge in [-0.3, -0.25) is 10.2 Å². The lowest BCUT2D eigenvalue weighted by atomic mass is 10.1. The highest BCUT2D eigenvalue weighted by molar-refractivity contribution is 6.04. The molecule has 5 rings (SSSR count). The van der Waals surface area contributed by atoms with E-state index < -0.39 is 0 Å². The maximum Gasteiger partial charge on any atom is 0.274 e. The van der Waals surface area contributed by atoms with Crippen molar-refractivity contribution in [2.24, 2.45) is 0 Å². The molecule has 1 fully saturated rings. The van der Waals surface area contributed by atoms with Gasteiger partial charge in [0.25, 0.3) is 5.91 Å². The molecule has 0 atom stereocenters. The first-order valence-corrected chi connectivity index (χ1v) is 11.0. The van der Waals surface area contributed by atoms with Crippen LogP contribution in [0.3, 0.4) is 0 Å². The topological polar surface area (TPSA) is 74.0 Å². The Hall–Kier alpha value is -4.00. The average Bonchev–Trinajstić information content (AvgIpc) is 3.49. The van der Waals surface area contributed by atoms with Crippen LogP contribution in [0.4, 0.5) is 10.1 Å². The van der Waals surface area contributed by atoms with Gasteiger partial charge in [-0.2, -0.15) is 5.10 Å². The molecule has 0 radical (unpaired) electrons. The number of carbonyl (C=O) groups excluding carboxylic acids is 1. The lowest BCUT2D eigenvalue weighted by molar-refractivity contribution is 0.101. The van der Waals surface area contributed by atoms with Gasteiger partial charge in [-0.25, -0.2) is 9.07 Å². The van der Waals surface area contributed by atoms with Crippen LogP contribution in [0.1, 0.15) is 34.6 Å². The second kappa shape index (κ2) is 8.50. The largest absolute Gasteiger partial charge is 0.357 e. The summed E-state index contributed by atoms with van der Waals surface area (Å²) < 4.78 is 15.1. The number of amidine groups is 1. The second-order valence-corrected chi connectivity index (χ2v) is 8.33. The highest BCUT2D eigenvalue weighted by atomic mass is 19.1. The van der Waals surface area contributed by atoms with Gasteiger partial charge < -0.3 is 10.2 Å². The van der Waals surface area contributed by atoms with E-state index in [2.05, 4.69) is 15.3 Å². The molecule has 166 valence electrons. The molecule has 1 aliphatic rings. The van der Waals surface area contributed by atoms with E-state index in [1.54, 1.807) is 16.8 Å². The summed E-state index contributed by atoms with van der Waals surface area (Å²) in [5.74, 6) is -0.0423. The number of aromatic nitrogens is 2. The minimum absolute atomic E-state index is 0.280. The average molecular weight is 442 g/mol. The number of amides is 1. The molecule has 0 bridgehead atoms. The van der Waals surface area contributed by atoms with Crippen LogP contribution in [0.2, 0.25) is 0 Å². The Bertz CT molecular complexity index is 1350. The molecule has 6 nitrogen and oxygen atoms in total. The van der Waals surface area contributed by atoms with Gasteiger partial charge in [-0.15, -0.1) is 0 Å². The molecule has 4 aromatic rings. The molecule has 2 heterocycles. The van der Waals surface area contributed by atoms with Gasteiger partial charge in [-0.05, 0) is 85.1 Å². The van der Waals surface area contributed by atoms with E-state index in [9.17, 15) is 9.18 Å². The van der Waals surface area contributed by atoms with E-state index in [4.69, 9.17) is 5.41 Å². The van der Waals surface area contributed by atoms with Gasteiger partial charge in [-0.1, -0.05) is 12.1 Å². The van der Waals surface area contributed by atoms with Crippen LogP contribution in [-0.4, -0.2) is 39.5 Å². The first-order chi connectivity index (χ1) is 16.0. The molecular formula is C26H24FN5O. The van der Waals surface area contributed by atoms with Crippen molar-refractivity contribution in [1.29, 1.82) is 5.41 Å². The van der Waals surface area contributed by atoms with E-state index in [1.165, 1.54) is 12.1 Å². The molecule has 3 aromatic carbocycles. The number of carbonyl (C=O) groups is 1. The summed E-state index contributed by atoms with van der Waals surface area (Å²) in [6.45, 7) is 3.68. The van der Waals surface area contributed by atoms with Crippen molar-refractivity contribution in [3.05, 3.63) is 89.5 Å². The zero-order valence-electron chi connectivity index (χ0n) is 18.3. The summed E-state index contributed by atoms with van der Waals surface area (Å²) in [6, 6.07) is 19.2. The number of hydrogen-bond acceptors (Lipinski definition) is 3. The number of rotatable bonds is 4. The van der Waals surface area contributed by atoms with E-state index in [-0.39, 0.29) is 11.7 Å². The van der Waals surface area contributed by atoms with Crippen molar-refractivity contribution in [3.8, 4) is 5.69 Å². The summed E-state index contributed by atoms with van der Waals surface area (Å²) in [5.41, 5.74) is 3.33. The number of likely N-dealkylation sites (tertiary alicyclic amines) is 1. The highest BCUT2D eigenvalue weighted by Crippen LogP contribution is 2.22. The molecular weight excluding hydrogens is 417 g/mol. The molecule has 0 unspecified atom stereocenters. The summed E-state index contributed by atoms with van der Waals surface area (Å²) in [4.78, 5) is 15.2. The molecule has 0 saturated carbocycles. The van der Waals surface area contributed by atoms with Gasteiger partial charge in [0.1, 0.15) is 17.3 Å². The molecule has 1 aliphatic heterocycles. The number of anilines is 1. The van der Waals surface area contributed by atoms with E-state index in [1.807, 2.05) is 49.4 Å². The summed E-state index contributed by atoms with van der Waals surface area (Å²) in [5, 5.41) is 17.5. The molecule has 33 heavy (non-hydrogen) atoms. The van der Waals surface area contributed by atoms with Crippen molar-refractivity contribution in [1.82, 2.24) is 14.7 Å². The molecule has 1 aromatic heterocycles. The molecule has 1 saturated heterocycles. The Balaban J connectivity index is 1.37. The number of hydrogen-bond donors (Lipinski definition) is 2. The minimum atomic E-state index is -0.285. The van der Waals surface area contributed by atoms with E-state index >= 15 is 0 Å². The lowest BCUT2D eigenvalue weighted by Crippen LogP contribution is -2.27. The second-order valence-electron chi connectivity index (χ2n) is 8.33. The van der Waals surface area contributed by atoms with Gasteiger partial charge in [0.05, 0.1) is 11.4 Å². The van der Waals surface area contributed by atoms with Crippen LogP contribution in [-0.2, 0) is 0 Å². The first-order valence-electron chi connectivity index (χ1n) is 11.0. The number of halogens is 1. The highest BCUT2D eigenvalue weighted by Gasteiger charge is 2.18. The van der Waals surface area contributed by atoms with Crippen LogP contribution in [0.5, 0.6) is 0 Å². The maximum atomic E-state index is 13.5. The smallest absolute Gasteiger partial charge is 0.274 e. The van der Waals surface area contributed by atoms with E-state index in [0.29, 0.717) is 22.9 Å². The monoisotopic (exact) mass is 441 g/mol. The number of nitrogens with one attached hydrogen (secondary N) is 2. The molecule has 0 spiro atoms. The Kier molecular flexibility index (Phi) is 5.38. The fourth-order valence-corrected chi connectivity index (χ4v) is 4.22. The Morgan fingerprint density at radius 2 is 1.67 bits per heavy atom. The zero-order valence-corrected chi connectivity index (χ0v) is 18.3. The van der Waals surface area contributed by atoms with E-state index in [0.717, 1.165) is 48.0 Å². The van der Waals surface area contributed by atoms with Gasteiger partial charge in [0.15, 0.2) is 0 Å². The summed E-state index contributed by atoms with van der Waals surface area (Å²) in [6.07, 6.45) is 2.25. The SMILES string of the molecule is Cc1cc(C(=O)Nc2ccc(C(=N)N3CCCC3)cc2)n(-c2ccc3cc(F)ccc3c2)n1. The first kappa shape index (κ1) is 20.9. The van der Waals surface area contributed by atoms with Gasteiger partial charge in [0, 0.05) is 24.3 Å². The molecule has 7 heteroatoms. The Morgan fingerprint density at radius 3 is 2.42 bits per heavy atom. The van der Waals surface area contributed by atoms with Crippen molar-refractivity contribution in [3.63, 3.8) is 0 Å². The summed E-state index contributed by atoms with van der Waals surface area (Å²) >= 11 is 0. The Labute approximate surface area is 191 Å². The fraction of sp³-hybridized carbons (Fsp3) is 0.192. The van der Waals surface area contributed by atoms with Crippen molar-refractivity contribution in [2.75, 3.05) is 18.4 Å². The Morgan fingerprint density at radius 1 is 0.970 bits per heavy atom. The number of fused-ring (bicyclic) bond motifs is 1. The number of benzene rings is 3. The third-order valence-electron chi connectivity index (χ3n) is 5.93. The van der Waals surface area contributed by atoms with Crippen LogP contribution < -0.4 is 5.32 Å². The van der Waals surface area contributed by atoms with Crippen LogP contribution in [0.25, 0.3) is 16.5 Å². The third-order valence-corrected chi connectivity index (χ3v) is 5.93. The predicted octanol–water partition coefficient (Wildman–Crippen LogP) is 5.15. The molecule has 2 N–H and O–H groups in total. The van der Waals surface area contributed by atoms with Gasteiger partial charge >= 0.3 is 0 Å². The van der Waals surface area contributed by atoms with Gasteiger partial charge in [0.2, 0.25) is 0 Å². The van der Waals surface area contributed by atoms with Crippen LogP contribution in [0, 0.1) is 18.2 Å². The van der Waals surface area contributed by atoms with Crippen molar-refractivity contribution >= 4 is 28.2 Å². The van der Waals surface area contributed by atoms with Crippen LogP contribution in [0.15, 0.2) is 66.7 Å². The van der Waals surface area contributed by atoms with Crippen molar-refractivity contribution in [2.45, 2.75) is 19.8 Å². The molecule has 0 aliphatic carbocycles. The van der Waals surface area contributed by atoms with Crippen LogP contribution >= 0.6 is 0 Å². The number of nitrogens with zero attached hydrogens (tertiary/aromatic N) is 3. The maximum absolute atomic E-state index is 13.5. The lowest BCUT2D eigenvalue weighted by Gasteiger charge is -2.18. The third kappa shape index (κ3) is 4.22. The van der Waals surface area contributed by atoms with Crippen molar-refractivity contribution < 1.29 is 9.18 Å². The predicted molar refractivity (Wildman–Crippen MR) is 128 cm³/mol. The summed E-state index contributed by atoms with van der Waals surface area (Å²) in [7, 11) is 0. The standard InChI is InChI=1S/C26H24FN5O/c1-17-14-24(32(30-17)23-11-7-19-15-21(27)8-4-20(19)16-23)26(33)29-22-9-5-18(6-10-22)25(28)31-12-2-3-13-31/h4-11,14-16,28H,2-3,12-13H2,1H3,(H,29,33). The zero-order chi connectivity index (χ0) is 22.9. The fourth-order valence-electron chi connectivity index (χ4n) is 4.22. The number of aryl methyl sites for hydroxylation is 1. The quantitative estimate of drug-likeness (QED) is 0.340. The molecule has 1 amide bonds. The normalized spacial score (nSPS) is 13.5.